The third kappa shape index (κ3) is 3.94. The van der Waals surface area contributed by atoms with Crippen molar-refractivity contribution in [2.45, 2.75) is 38.6 Å². The quantitative estimate of drug-likeness (QED) is 0.860. The second-order valence-corrected chi connectivity index (χ2v) is 5.47. The van der Waals surface area contributed by atoms with E-state index in [1.165, 1.54) is 12.8 Å². The number of aromatic nitrogens is 2. The van der Waals surface area contributed by atoms with Gasteiger partial charge in [0.25, 0.3) is 5.91 Å². The van der Waals surface area contributed by atoms with Crippen molar-refractivity contribution in [2.75, 3.05) is 6.54 Å². The summed E-state index contributed by atoms with van der Waals surface area (Å²) in [6.07, 6.45) is 4.16. The Kier molecular flexibility index (Phi) is 5.38. The molecule has 0 spiro atoms. The van der Waals surface area contributed by atoms with Crippen molar-refractivity contribution >= 4 is 18.3 Å². The molecule has 0 aliphatic heterocycles. The molecule has 0 radical (unpaired) electrons. The molecule has 2 rings (SSSR count). The van der Waals surface area contributed by atoms with Gasteiger partial charge in [0.15, 0.2) is 0 Å². The van der Waals surface area contributed by atoms with Gasteiger partial charge in [-0.1, -0.05) is 13.8 Å². The van der Waals surface area contributed by atoms with Gasteiger partial charge in [-0.25, -0.2) is 0 Å². The molecule has 1 unspecified atom stereocenters. The summed E-state index contributed by atoms with van der Waals surface area (Å²) < 4.78 is 1.69. The summed E-state index contributed by atoms with van der Waals surface area (Å²) in [4.78, 5) is 12.1. The monoisotopic (exact) mass is 286 g/mol. The van der Waals surface area contributed by atoms with Crippen molar-refractivity contribution in [3.63, 3.8) is 0 Å². The second-order valence-electron chi connectivity index (χ2n) is 5.47. The largest absolute Gasteiger partial charge is 0.350 e. The molecule has 6 heteroatoms. The van der Waals surface area contributed by atoms with Crippen molar-refractivity contribution in [1.82, 2.24) is 15.1 Å². The molecule has 0 saturated heterocycles. The maximum Gasteiger partial charge on any atom is 0.254 e. The zero-order chi connectivity index (χ0) is 13.3. The maximum absolute atomic E-state index is 12.1. The molecule has 1 saturated carbocycles. The Morgan fingerprint density at radius 1 is 1.58 bits per heavy atom. The van der Waals surface area contributed by atoms with E-state index in [-0.39, 0.29) is 30.3 Å². The number of nitrogens with two attached hydrogens (primary N) is 1. The molecule has 1 amide bonds. The molecule has 1 aromatic heterocycles. The van der Waals surface area contributed by atoms with Gasteiger partial charge in [-0.2, -0.15) is 5.10 Å². The molecule has 1 heterocycles. The first-order valence-electron chi connectivity index (χ1n) is 6.56. The van der Waals surface area contributed by atoms with Gasteiger partial charge in [-0.05, 0) is 24.7 Å². The molecule has 0 bridgehead atoms. The zero-order valence-corrected chi connectivity index (χ0v) is 12.5. The molecular weight excluding hydrogens is 264 g/mol. The molecule has 1 aliphatic carbocycles. The van der Waals surface area contributed by atoms with Crippen molar-refractivity contribution < 1.29 is 4.79 Å². The maximum atomic E-state index is 12.1. The van der Waals surface area contributed by atoms with E-state index >= 15 is 0 Å². The Morgan fingerprint density at radius 3 is 2.74 bits per heavy atom. The summed E-state index contributed by atoms with van der Waals surface area (Å²) in [5.41, 5.74) is 7.48. The van der Waals surface area contributed by atoms with Crippen LogP contribution in [0.3, 0.4) is 0 Å². The Morgan fingerprint density at radius 2 is 2.21 bits per heavy atom. The Hall–Kier alpha value is -1.07. The SMILES string of the molecule is CC(C)c1nn(C)cc1C(=O)NCC(N)C1CC1.Cl. The van der Waals surface area contributed by atoms with Crippen LogP contribution in [-0.4, -0.2) is 28.3 Å². The molecule has 1 aromatic rings. The number of aryl methyl sites for hydroxylation is 1. The predicted molar refractivity (Wildman–Crippen MR) is 77.6 cm³/mol. The van der Waals surface area contributed by atoms with E-state index in [0.717, 1.165) is 5.69 Å². The van der Waals surface area contributed by atoms with E-state index in [2.05, 4.69) is 10.4 Å². The van der Waals surface area contributed by atoms with E-state index in [4.69, 9.17) is 5.73 Å². The third-order valence-corrected chi connectivity index (χ3v) is 3.37. The number of hydrogen-bond donors (Lipinski definition) is 2. The van der Waals surface area contributed by atoms with Crippen molar-refractivity contribution in [3.8, 4) is 0 Å². The van der Waals surface area contributed by atoms with Gasteiger partial charge >= 0.3 is 0 Å². The van der Waals surface area contributed by atoms with Crippen LogP contribution < -0.4 is 11.1 Å². The number of nitrogens with one attached hydrogen (secondary N) is 1. The number of hydrogen-bond acceptors (Lipinski definition) is 3. The lowest BCUT2D eigenvalue weighted by atomic mass is 10.1. The number of amides is 1. The Bertz CT molecular complexity index is 440. The summed E-state index contributed by atoms with van der Waals surface area (Å²) in [5.74, 6) is 0.774. The molecular formula is C13H23ClN4O. The van der Waals surface area contributed by atoms with E-state index < -0.39 is 0 Å². The normalized spacial score (nSPS) is 16.1. The van der Waals surface area contributed by atoms with Gasteiger partial charge in [0, 0.05) is 25.8 Å². The van der Waals surface area contributed by atoms with Gasteiger partial charge in [-0.15, -0.1) is 12.4 Å². The van der Waals surface area contributed by atoms with E-state index in [0.29, 0.717) is 18.0 Å². The number of carbonyl (C=O) groups is 1. The van der Waals surface area contributed by atoms with Crippen molar-refractivity contribution in [3.05, 3.63) is 17.5 Å². The molecule has 1 atom stereocenters. The molecule has 1 fully saturated rings. The fourth-order valence-corrected chi connectivity index (χ4v) is 2.10. The smallest absolute Gasteiger partial charge is 0.254 e. The first-order chi connectivity index (χ1) is 8.49. The second kappa shape index (κ2) is 6.39. The van der Waals surface area contributed by atoms with Crippen LogP contribution in [0.25, 0.3) is 0 Å². The molecule has 5 nitrogen and oxygen atoms in total. The summed E-state index contributed by atoms with van der Waals surface area (Å²) in [7, 11) is 1.83. The highest BCUT2D eigenvalue weighted by molar-refractivity contribution is 5.95. The molecule has 108 valence electrons. The lowest BCUT2D eigenvalue weighted by molar-refractivity contribution is 0.0949. The van der Waals surface area contributed by atoms with Crippen LogP contribution in [-0.2, 0) is 7.05 Å². The molecule has 1 aliphatic rings. The summed E-state index contributed by atoms with van der Waals surface area (Å²) in [6, 6.07) is 0.0909. The van der Waals surface area contributed by atoms with Crippen LogP contribution in [0.2, 0.25) is 0 Å². The van der Waals surface area contributed by atoms with Gasteiger partial charge in [0.1, 0.15) is 0 Å². The van der Waals surface area contributed by atoms with E-state index in [1.54, 1.807) is 10.9 Å². The average Bonchev–Trinajstić information content (AvgIpc) is 3.08. The minimum atomic E-state index is -0.0668. The Labute approximate surface area is 120 Å². The van der Waals surface area contributed by atoms with Crippen LogP contribution >= 0.6 is 12.4 Å². The van der Waals surface area contributed by atoms with Gasteiger partial charge in [-0.3, -0.25) is 9.48 Å². The van der Waals surface area contributed by atoms with Crippen LogP contribution in [0, 0.1) is 5.92 Å². The van der Waals surface area contributed by atoms with E-state index in [9.17, 15) is 4.79 Å². The van der Waals surface area contributed by atoms with Crippen molar-refractivity contribution in [1.29, 1.82) is 0 Å². The summed E-state index contributed by atoms with van der Waals surface area (Å²) in [6.45, 7) is 4.63. The number of nitrogens with zero attached hydrogens (tertiary/aromatic N) is 2. The number of rotatable bonds is 5. The molecule has 3 N–H and O–H groups in total. The van der Waals surface area contributed by atoms with Crippen LogP contribution in [0.15, 0.2) is 6.20 Å². The third-order valence-electron chi connectivity index (χ3n) is 3.37. The molecule has 0 aromatic carbocycles. The topological polar surface area (TPSA) is 72.9 Å². The van der Waals surface area contributed by atoms with Gasteiger partial charge < -0.3 is 11.1 Å². The van der Waals surface area contributed by atoms with E-state index in [1.807, 2.05) is 20.9 Å². The van der Waals surface area contributed by atoms with Gasteiger partial charge in [0.2, 0.25) is 0 Å². The minimum absolute atomic E-state index is 0. The molecule has 19 heavy (non-hydrogen) atoms. The average molecular weight is 287 g/mol. The van der Waals surface area contributed by atoms with Crippen molar-refractivity contribution in [2.24, 2.45) is 18.7 Å². The summed E-state index contributed by atoms with van der Waals surface area (Å²) in [5, 5.41) is 7.24. The predicted octanol–water partition coefficient (Wildman–Crippen LogP) is 1.43. The Balaban J connectivity index is 0.00000180. The standard InChI is InChI=1S/C13H22N4O.ClH/c1-8(2)12-10(7-17(3)16-12)13(18)15-6-11(14)9-4-5-9;/h7-9,11H,4-6,14H2,1-3H3,(H,15,18);1H. The fraction of sp³-hybridized carbons (Fsp3) is 0.692. The van der Waals surface area contributed by atoms with Gasteiger partial charge in [0.05, 0.1) is 11.3 Å². The lowest BCUT2D eigenvalue weighted by Crippen LogP contribution is -2.38. The van der Waals surface area contributed by atoms with Crippen LogP contribution in [0.5, 0.6) is 0 Å². The highest BCUT2D eigenvalue weighted by atomic mass is 35.5. The van der Waals surface area contributed by atoms with Crippen LogP contribution in [0.1, 0.15) is 48.7 Å². The summed E-state index contributed by atoms with van der Waals surface area (Å²) >= 11 is 0. The van der Waals surface area contributed by atoms with Crippen LogP contribution in [0.4, 0.5) is 0 Å². The number of halogens is 1. The zero-order valence-electron chi connectivity index (χ0n) is 11.7. The minimum Gasteiger partial charge on any atom is -0.350 e. The first-order valence-corrected chi connectivity index (χ1v) is 6.56. The fourth-order valence-electron chi connectivity index (χ4n) is 2.10. The number of carbonyl (C=O) groups excluding carboxylic acids is 1. The highest BCUT2D eigenvalue weighted by Crippen LogP contribution is 2.31. The first kappa shape index (κ1) is 16.0. The lowest BCUT2D eigenvalue weighted by Gasteiger charge is -2.12. The highest BCUT2D eigenvalue weighted by Gasteiger charge is 2.29.